The van der Waals surface area contributed by atoms with Crippen molar-refractivity contribution in [3.8, 4) is 0 Å². The van der Waals surface area contributed by atoms with Crippen LogP contribution in [0.25, 0.3) is 0 Å². The van der Waals surface area contributed by atoms with E-state index in [2.05, 4.69) is 49.9 Å². The second-order valence-corrected chi connectivity index (χ2v) is 5.78. The van der Waals surface area contributed by atoms with Gasteiger partial charge >= 0.3 is 0 Å². The average molecular weight is 227 g/mol. The Morgan fingerprint density at radius 1 is 1.00 bits per heavy atom. The molecule has 0 aliphatic carbocycles. The van der Waals surface area contributed by atoms with Crippen LogP contribution in [0.4, 0.5) is 0 Å². The first-order chi connectivity index (χ1) is 7.49. The van der Waals surface area contributed by atoms with E-state index in [0.29, 0.717) is 18.0 Å². The van der Waals surface area contributed by atoms with Crippen LogP contribution in [-0.4, -0.2) is 61.7 Å². The molecule has 1 saturated heterocycles. The van der Waals surface area contributed by atoms with Gasteiger partial charge in [0.05, 0.1) is 0 Å². The molecule has 1 aliphatic heterocycles. The molecule has 0 bridgehead atoms. The van der Waals surface area contributed by atoms with Crippen molar-refractivity contribution in [1.29, 1.82) is 0 Å². The fraction of sp³-hybridized carbons (Fsp3) is 1.00. The van der Waals surface area contributed by atoms with E-state index >= 15 is 0 Å². The number of hydrogen-bond donors (Lipinski definition) is 1. The molecule has 1 heterocycles. The number of nitrogens with zero attached hydrogens (tertiary/aromatic N) is 2. The summed E-state index contributed by atoms with van der Waals surface area (Å²) in [5.41, 5.74) is 0. The molecule has 0 aromatic carbocycles. The zero-order valence-corrected chi connectivity index (χ0v) is 11.7. The second kappa shape index (κ2) is 6.58. The predicted octanol–water partition coefficient (Wildman–Crippen LogP) is 1.26. The van der Waals surface area contributed by atoms with Crippen LogP contribution < -0.4 is 5.32 Å². The normalized spacial score (nSPS) is 21.9. The molecule has 1 atom stereocenters. The van der Waals surface area contributed by atoms with Crippen LogP contribution in [0.1, 0.15) is 27.7 Å². The summed E-state index contributed by atoms with van der Waals surface area (Å²) in [7, 11) is 2.21. The van der Waals surface area contributed by atoms with Crippen LogP contribution in [0.15, 0.2) is 0 Å². The zero-order chi connectivity index (χ0) is 12.1. The average Bonchev–Trinajstić information content (AvgIpc) is 2.19. The maximum Gasteiger partial charge on any atom is 0.0220 e. The van der Waals surface area contributed by atoms with Crippen LogP contribution in [0.3, 0.4) is 0 Å². The second-order valence-electron chi connectivity index (χ2n) is 5.78. The highest BCUT2D eigenvalue weighted by atomic mass is 15.3. The van der Waals surface area contributed by atoms with E-state index in [0.717, 1.165) is 0 Å². The molecular weight excluding hydrogens is 198 g/mol. The largest absolute Gasteiger partial charge is 0.310 e. The third-order valence-corrected chi connectivity index (χ3v) is 3.40. The van der Waals surface area contributed by atoms with E-state index in [1.807, 2.05) is 0 Å². The lowest BCUT2D eigenvalue weighted by atomic mass is 10.0. The van der Waals surface area contributed by atoms with Gasteiger partial charge in [-0.3, -0.25) is 4.90 Å². The van der Waals surface area contributed by atoms with Crippen LogP contribution in [0.2, 0.25) is 0 Å². The monoisotopic (exact) mass is 227 g/mol. The predicted molar refractivity (Wildman–Crippen MR) is 70.8 cm³/mol. The maximum absolute atomic E-state index is 3.68. The summed E-state index contributed by atoms with van der Waals surface area (Å²) in [6.07, 6.45) is 0. The summed E-state index contributed by atoms with van der Waals surface area (Å²) in [4.78, 5) is 5.01. The standard InChI is InChI=1S/C13H29N3/c1-11(2)13(14-12(3)4)10-16-8-6-15(5)7-9-16/h11-14H,6-10H2,1-5H3/t13-/m0/s1. The molecule has 0 radical (unpaired) electrons. The summed E-state index contributed by atoms with van der Waals surface area (Å²) < 4.78 is 0. The Hall–Kier alpha value is -0.120. The van der Waals surface area contributed by atoms with Crippen molar-refractivity contribution in [2.45, 2.75) is 39.8 Å². The highest BCUT2D eigenvalue weighted by Gasteiger charge is 2.20. The Balaban J connectivity index is 2.36. The molecule has 0 aromatic rings. The lowest BCUT2D eigenvalue weighted by molar-refractivity contribution is 0.131. The highest BCUT2D eigenvalue weighted by molar-refractivity contribution is 4.79. The van der Waals surface area contributed by atoms with Crippen LogP contribution in [-0.2, 0) is 0 Å². The molecule has 1 aliphatic rings. The quantitative estimate of drug-likeness (QED) is 0.763. The van der Waals surface area contributed by atoms with Gasteiger partial charge < -0.3 is 10.2 Å². The molecule has 3 heteroatoms. The smallest absolute Gasteiger partial charge is 0.0220 e. The molecule has 0 saturated carbocycles. The maximum atomic E-state index is 3.68. The number of likely N-dealkylation sites (N-methyl/N-ethyl adjacent to an activating group) is 1. The van der Waals surface area contributed by atoms with E-state index in [1.165, 1.54) is 32.7 Å². The highest BCUT2D eigenvalue weighted by Crippen LogP contribution is 2.07. The molecule has 0 amide bonds. The molecule has 0 unspecified atom stereocenters. The van der Waals surface area contributed by atoms with Gasteiger partial charge in [-0.15, -0.1) is 0 Å². The molecular formula is C13H29N3. The Kier molecular flexibility index (Phi) is 5.73. The van der Waals surface area contributed by atoms with Crippen LogP contribution in [0.5, 0.6) is 0 Å². The van der Waals surface area contributed by atoms with E-state index in [1.54, 1.807) is 0 Å². The Labute approximate surface area is 101 Å². The Morgan fingerprint density at radius 3 is 2.00 bits per heavy atom. The summed E-state index contributed by atoms with van der Waals surface area (Å²) in [5, 5.41) is 3.68. The number of rotatable bonds is 5. The lowest BCUT2D eigenvalue weighted by Crippen LogP contribution is -2.52. The molecule has 1 N–H and O–H groups in total. The van der Waals surface area contributed by atoms with E-state index in [4.69, 9.17) is 0 Å². The van der Waals surface area contributed by atoms with Gasteiger partial charge in [0.15, 0.2) is 0 Å². The van der Waals surface area contributed by atoms with Crippen molar-refractivity contribution < 1.29 is 0 Å². The fourth-order valence-electron chi connectivity index (χ4n) is 2.19. The molecule has 96 valence electrons. The molecule has 0 aromatic heterocycles. The van der Waals surface area contributed by atoms with Gasteiger partial charge in [0.25, 0.3) is 0 Å². The number of hydrogen-bond acceptors (Lipinski definition) is 3. The first kappa shape index (κ1) is 13.9. The van der Waals surface area contributed by atoms with Crippen molar-refractivity contribution in [2.75, 3.05) is 39.8 Å². The van der Waals surface area contributed by atoms with E-state index in [9.17, 15) is 0 Å². The molecule has 1 rings (SSSR count). The third kappa shape index (κ3) is 4.81. The number of nitrogens with one attached hydrogen (secondary N) is 1. The van der Waals surface area contributed by atoms with Crippen molar-refractivity contribution in [1.82, 2.24) is 15.1 Å². The Bertz CT molecular complexity index is 184. The van der Waals surface area contributed by atoms with Gasteiger partial charge in [-0.05, 0) is 13.0 Å². The number of piperazine rings is 1. The molecule has 0 spiro atoms. The van der Waals surface area contributed by atoms with Crippen LogP contribution in [0, 0.1) is 5.92 Å². The zero-order valence-electron chi connectivity index (χ0n) is 11.7. The SMILES string of the molecule is CC(C)N[C@@H](CN1CCN(C)CC1)C(C)C. The topological polar surface area (TPSA) is 18.5 Å². The van der Waals surface area contributed by atoms with E-state index in [-0.39, 0.29) is 0 Å². The summed E-state index contributed by atoms with van der Waals surface area (Å²) in [6, 6.07) is 1.21. The van der Waals surface area contributed by atoms with Gasteiger partial charge in [0.1, 0.15) is 0 Å². The van der Waals surface area contributed by atoms with Crippen molar-refractivity contribution in [2.24, 2.45) is 5.92 Å². The third-order valence-electron chi connectivity index (χ3n) is 3.40. The minimum atomic E-state index is 0.583. The van der Waals surface area contributed by atoms with Gasteiger partial charge in [-0.1, -0.05) is 27.7 Å². The summed E-state index contributed by atoms with van der Waals surface area (Å²) >= 11 is 0. The van der Waals surface area contributed by atoms with Gasteiger partial charge in [0, 0.05) is 44.8 Å². The summed E-state index contributed by atoms with van der Waals surface area (Å²) in [6.45, 7) is 15.2. The first-order valence-electron chi connectivity index (χ1n) is 6.66. The van der Waals surface area contributed by atoms with Crippen molar-refractivity contribution in [3.63, 3.8) is 0 Å². The molecule has 16 heavy (non-hydrogen) atoms. The van der Waals surface area contributed by atoms with E-state index < -0.39 is 0 Å². The summed E-state index contributed by atoms with van der Waals surface area (Å²) in [5.74, 6) is 0.710. The van der Waals surface area contributed by atoms with Gasteiger partial charge in [0.2, 0.25) is 0 Å². The van der Waals surface area contributed by atoms with Gasteiger partial charge in [-0.25, -0.2) is 0 Å². The molecule has 1 fully saturated rings. The lowest BCUT2D eigenvalue weighted by Gasteiger charge is -2.36. The minimum absolute atomic E-state index is 0.583. The Morgan fingerprint density at radius 2 is 1.56 bits per heavy atom. The molecule has 3 nitrogen and oxygen atoms in total. The first-order valence-corrected chi connectivity index (χ1v) is 6.66. The van der Waals surface area contributed by atoms with Crippen molar-refractivity contribution >= 4 is 0 Å². The van der Waals surface area contributed by atoms with Crippen LogP contribution >= 0.6 is 0 Å². The fourth-order valence-corrected chi connectivity index (χ4v) is 2.19. The minimum Gasteiger partial charge on any atom is -0.310 e. The van der Waals surface area contributed by atoms with Gasteiger partial charge in [-0.2, -0.15) is 0 Å². The van der Waals surface area contributed by atoms with Crippen molar-refractivity contribution in [3.05, 3.63) is 0 Å².